The van der Waals surface area contributed by atoms with Gasteiger partial charge in [0.15, 0.2) is 0 Å². The summed E-state index contributed by atoms with van der Waals surface area (Å²) in [6.45, 7) is 40.6. The van der Waals surface area contributed by atoms with Crippen molar-refractivity contribution in [2.45, 2.75) is 158 Å². The molecule has 11 aromatic rings. The van der Waals surface area contributed by atoms with Crippen LogP contribution >= 0.6 is 0 Å². The molecule has 3 aliphatic rings. The Bertz CT molecular complexity index is 4510. The molecule has 2 aliphatic heterocycles. The largest absolute Gasteiger partial charge is 0.455 e. The molecule has 0 N–H and O–H groups in total. The summed E-state index contributed by atoms with van der Waals surface area (Å²) in [6, 6.07) is 58.9. The highest BCUT2D eigenvalue weighted by Crippen LogP contribution is 2.54. The van der Waals surface area contributed by atoms with Crippen LogP contribution in [0, 0.1) is 27.7 Å². The maximum Gasteiger partial charge on any atom is 0.252 e. The van der Waals surface area contributed by atoms with Crippen molar-refractivity contribution < 1.29 is 4.42 Å². The lowest BCUT2D eigenvalue weighted by Gasteiger charge is -2.48. The average molecular weight is 1090 g/mol. The van der Waals surface area contributed by atoms with Gasteiger partial charge in [0.05, 0.1) is 22.4 Å². The normalized spacial score (nSPS) is 15.6. The Hall–Kier alpha value is -7.76. The first-order valence-electron chi connectivity index (χ1n) is 30.5. The van der Waals surface area contributed by atoms with Crippen LogP contribution in [0.5, 0.6) is 0 Å². The van der Waals surface area contributed by atoms with E-state index in [2.05, 4.69) is 284 Å². The molecule has 0 radical (unpaired) electrons. The molecule has 0 bridgehead atoms. The molecule has 1 aliphatic carbocycles. The lowest BCUT2D eigenvalue weighted by molar-refractivity contribution is 0.332. The van der Waals surface area contributed by atoms with E-state index in [-0.39, 0.29) is 33.8 Å². The Kier molecular flexibility index (Phi) is 11.5. The predicted molar refractivity (Wildman–Crippen MR) is 358 cm³/mol. The molecule has 0 amide bonds. The fourth-order valence-corrected chi connectivity index (χ4v) is 15.0. The van der Waals surface area contributed by atoms with Gasteiger partial charge in [0, 0.05) is 55.5 Å². The molecule has 0 saturated heterocycles. The lowest BCUT2D eigenvalue weighted by atomic mass is 9.33. The second-order valence-electron chi connectivity index (χ2n) is 29.5. The van der Waals surface area contributed by atoms with Crippen LogP contribution in [-0.2, 0) is 27.1 Å². The van der Waals surface area contributed by atoms with Crippen molar-refractivity contribution in [1.29, 1.82) is 0 Å². The monoisotopic (exact) mass is 1090 g/mol. The molecule has 4 nitrogen and oxygen atoms in total. The SMILES string of the molecule is Cc1cc(C(C)(C)C)cc(C)c1N1c2cc3c(cc2B2c4cc5c6cc(C(C)(C)C)ccc6n(-c6ccccc6)c5cc4N(c4c(C)cc(-c5cccc6c5oc5ccccc56)cc4C)c4cc(C(C)(C)C)cc1c42)C(C)(C)CCC3(C)C. The van der Waals surface area contributed by atoms with Crippen LogP contribution in [-0.4, -0.2) is 11.3 Å². The van der Waals surface area contributed by atoms with Gasteiger partial charge in [-0.15, -0.1) is 0 Å². The zero-order valence-electron chi connectivity index (χ0n) is 52.2. The van der Waals surface area contributed by atoms with E-state index in [9.17, 15) is 0 Å². The number of anilines is 6. The molecule has 416 valence electrons. The fourth-order valence-electron chi connectivity index (χ4n) is 15.0. The molecule has 9 aromatic carbocycles. The number of aryl methyl sites for hydroxylation is 4. The first-order valence-corrected chi connectivity index (χ1v) is 30.5. The number of para-hydroxylation sites is 3. The van der Waals surface area contributed by atoms with E-state index in [1.807, 2.05) is 0 Å². The number of furan rings is 1. The Morgan fingerprint density at radius 1 is 0.434 bits per heavy atom. The van der Waals surface area contributed by atoms with Crippen molar-refractivity contribution in [1.82, 2.24) is 4.57 Å². The smallest absolute Gasteiger partial charge is 0.252 e. The van der Waals surface area contributed by atoms with E-state index in [0.29, 0.717) is 0 Å². The molecule has 0 unspecified atom stereocenters. The Morgan fingerprint density at radius 2 is 0.952 bits per heavy atom. The van der Waals surface area contributed by atoms with Crippen LogP contribution in [0.4, 0.5) is 34.1 Å². The number of fused-ring (bicyclic) bond motifs is 11. The van der Waals surface area contributed by atoms with E-state index in [4.69, 9.17) is 4.42 Å². The number of hydrogen-bond acceptors (Lipinski definition) is 3. The maximum absolute atomic E-state index is 6.74. The molecular weight excluding hydrogens is 1010 g/mol. The third kappa shape index (κ3) is 8.06. The van der Waals surface area contributed by atoms with Gasteiger partial charge in [-0.2, -0.15) is 0 Å². The van der Waals surface area contributed by atoms with Gasteiger partial charge < -0.3 is 18.8 Å². The first-order chi connectivity index (χ1) is 39.2. The summed E-state index contributed by atoms with van der Waals surface area (Å²) in [5, 5.41) is 4.85. The summed E-state index contributed by atoms with van der Waals surface area (Å²) in [7, 11) is 0. The highest BCUT2D eigenvalue weighted by Gasteiger charge is 2.48. The highest BCUT2D eigenvalue weighted by atomic mass is 16.3. The van der Waals surface area contributed by atoms with Crippen LogP contribution in [0.1, 0.15) is 153 Å². The Labute approximate surface area is 493 Å². The van der Waals surface area contributed by atoms with Gasteiger partial charge in [0.2, 0.25) is 0 Å². The molecule has 4 heterocycles. The second-order valence-corrected chi connectivity index (χ2v) is 29.5. The van der Waals surface area contributed by atoms with Crippen LogP contribution in [0.3, 0.4) is 0 Å². The molecule has 0 fully saturated rings. The van der Waals surface area contributed by atoms with Gasteiger partial charge in [-0.1, -0.05) is 175 Å². The van der Waals surface area contributed by atoms with E-state index < -0.39 is 0 Å². The quantitative estimate of drug-likeness (QED) is 0.164. The van der Waals surface area contributed by atoms with E-state index in [0.717, 1.165) is 51.6 Å². The molecule has 0 spiro atoms. The van der Waals surface area contributed by atoms with Crippen LogP contribution in [0.25, 0.3) is 60.6 Å². The third-order valence-electron chi connectivity index (χ3n) is 19.7. The maximum atomic E-state index is 6.74. The molecule has 5 heteroatoms. The molecule has 0 saturated carbocycles. The minimum Gasteiger partial charge on any atom is -0.455 e. The number of benzene rings is 9. The van der Waals surface area contributed by atoms with Crippen LogP contribution in [0.15, 0.2) is 156 Å². The summed E-state index contributed by atoms with van der Waals surface area (Å²) in [4.78, 5) is 5.45. The minimum absolute atomic E-state index is 0.000948. The van der Waals surface area contributed by atoms with Crippen molar-refractivity contribution >= 4 is 101 Å². The summed E-state index contributed by atoms with van der Waals surface area (Å²) >= 11 is 0. The van der Waals surface area contributed by atoms with Gasteiger partial charge in [-0.25, -0.2) is 0 Å². The van der Waals surface area contributed by atoms with Crippen LogP contribution in [0.2, 0.25) is 0 Å². The molecule has 14 rings (SSSR count). The van der Waals surface area contributed by atoms with E-state index in [1.54, 1.807) is 0 Å². The zero-order chi connectivity index (χ0) is 58.4. The zero-order valence-corrected chi connectivity index (χ0v) is 52.2. The lowest BCUT2D eigenvalue weighted by Crippen LogP contribution is -2.62. The van der Waals surface area contributed by atoms with Crippen molar-refractivity contribution in [2.24, 2.45) is 0 Å². The summed E-state index contributed by atoms with van der Waals surface area (Å²) in [6.07, 6.45) is 2.29. The number of rotatable bonds is 4. The van der Waals surface area contributed by atoms with E-state index >= 15 is 0 Å². The van der Waals surface area contributed by atoms with Crippen LogP contribution < -0.4 is 26.2 Å². The van der Waals surface area contributed by atoms with Crippen molar-refractivity contribution in [3.63, 3.8) is 0 Å². The summed E-state index contributed by atoms with van der Waals surface area (Å²) in [5.41, 5.74) is 31.1. The molecular formula is C78H80BN3O. The summed E-state index contributed by atoms with van der Waals surface area (Å²) < 4.78 is 9.27. The van der Waals surface area contributed by atoms with Crippen molar-refractivity contribution in [3.8, 4) is 16.8 Å². The fraction of sp³-hybridized carbons (Fsp3) is 0.308. The summed E-state index contributed by atoms with van der Waals surface area (Å²) in [5.74, 6) is 0. The van der Waals surface area contributed by atoms with Gasteiger partial charge >= 0.3 is 0 Å². The van der Waals surface area contributed by atoms with Gasteiger partial charge in [-0.3, -0.25) is 0 Å². The van der Waals surface area contributed by atoms with Crippen molar-refractivity contribution in [2.75, 3.05) is 9.80 Å². The first kappa shape index (κ1) is 53.3. The topological polar surface area (TPSA) is 24.6 Å². The number of nitrogens with zero attached hydrogens (tertiary/aromatic N) is 3. The van der Waals surface area contributed by atoms with Gasteiger partial charge in [-0.05, 0) is 206 Å². The van der Waals surface area contributed by atoms with E-state index in [1.165, 1.54) is 122 Å². The predicted octanol–water partition coefficient (Wildman–Crippen LogP) is 19.9. The van der Waals surface area contributed by atoms with Crippen molar-refractivity contribution in [3.05, 3.63) is 202 Å². The molecule has 0 atom stereocenters. The standard InChI is InChI=1S/C78H80BN3O/c1-45-34-49(54-27-23-28-56-55-26-21-22-29-69(55)83-73(54)56)35-46(2)71(45)82-66-44-64-58(57-38-50(74(5,6)7)30-31-63(57)80(64)53-24-19-18-20-25-53)41-61(66)79-62-42-59-60(78(16,17)33-32-77(59,14)15)43-65(62)81(67-39-52(76(11,12)13)40-68(82)70(67)79)72-47(3)36-51(37-48(72)4)75(8,9)10/h18-31,34-44H,32-33H2,1-17H3. The molecule has 83 heavy (non-hydrogen) atoms. The van der Waals surface area contributed by atoms with Gasteiger partial charge in [0.1, 0.15) is 11.2 Å². The minimum atomic E-state index is -0.186. The second kappa shape index (κ2) is 17.9. The average Bonchev–Trinajstić information content (AvgIpc) is 1.33. The highest BCUT2D eigenvalue weighted by molar-refractivity contribution is 7.00. The Balaban J connectivity index is 1.15. The van der Waals surface area contributed by atoms with Gasteiger partial charge in [0.25, 0.3) is 6.71 Å². The molecule has 2 aromatic heterocycles. The Morgan fingerprint density at radius 3 is 1.57 bits per heavy atom. The third-order valence-corrected chi connectivity index (χ3v) is 19.7. The number of hydrogen-bond donors (Lipinski definition) is 0. The number of aromatic nitrogens is 1.